The monoisotopic (exact) mass is 590 g/mol. The molecule has 0 fully saturated rings. The highest BCUT2D eigenvalue weighted by Crippen LogP contribution is 2.42. The number of fused-ring (bicyclic) bond motifs is 1. The second-order valence-electron chi connectivity index (χ2n) is 11.9. The van der Waals surface area contributed by atoms with E-state index in [2.05, 4.69) is 33.9 Å². The lowest BCUT2D eigenvalue weighted by Crippen LogP contribution is -2.52. The zero-order chi connectivity index (χ0) is 29.3. The van der Waals surface area contributed by atoms with Gasteiger partial charge in [-0.05, 0) is 48.0 Å². The van der Waals surface area contributed by atoms with Gasteiger partial charge in [-0.2, -0.15) is 4.31 Å². The van der Waals surface area contributed by atoms with Crippen LogP contribution in [0.2, 0.25) is 18.1 Å². The Labute approximate surface area is 244 Å². The van der Waals surface area contributed by atoms with E-state index in [0.717, 1.165) is 11.1 Å². The van der Waals surface area contributed by atoms with Gasteiger partial charge in [0.15, 0.2) is 14.1 Å². The van der Waals surface area contributed by atoms with Gasteiger partial charge in [-0.1, -0.05) is 87.5 Å². The Morgan fingerprint density at radius 2 is 1.51 bits per heavy atom. The van der Waals surface area contributed by atoms with Crippen molar-refractivity contribution in [2.45, 2.75) is 69.1 Å². The Morgan fingerprint density at radius 3 is 2.12 bits per heavy atom. The first kappa shape index (κ1) is 29.4. The first-order chi connectivity index (χ1) is 19.5. The average molecular weight is 591 g/mol. The molecule has 0 unspecified atom stereocenters. The summed E-state index contributed by atoms with van der Waals surface area (Å²) in [4.78, 5) is 5.00. The lowest BCUT2D eigenvalue weighted by atomic mass is 10.0. The number of oxazole rings is 1. The summed E-state index contributed by atoms with van der Waals surface area (Å²) in [5, 5.41) is -0.0525. The summed E-state index contributed by atoms with van der Waals surface area (Å²) in [5.74, 6) is 0.982. The van der Waals surface area contributed by atoms with Crippen LogP contribution in [-0.4, -0.2) is 38.7 Å². The van der Waals surface area contributed by atoms with Crippen LogP contribution in [0.3, 0.4) is 0 Å². The number of aromatic nitrogens is 1. The van der Waals surface area contributed by atoms with Crippen LogP contribution in [0.1, 0.15) is 43.9 Å². The fourth-order valence-electron chi connectivity index (χ4n) is 4.61. The van der Waals surface area contributed by atoms with Gasteiger partial charge in [0.1, 0.15) is 11.8 Å². The molecule has 1 aliphatic heterocycles. The van der Waals surface area contributed by atoms with E-state index >= 15 is 0 Å². The minimum absolute atomic E-state index is 0.0525. The van der Waals surface area contributed by atoms with E-state index in [4.69, 9.17) is 18.6 Å². The largest absolute Gasteiger partial charge is 0.438 e. The zero-order valence-corrected chi connectivity index (χ0v) is 26.1. The molecule has 0 saturated carbocycles. The molecule has 0 bridgehead atoms. The number of hydrogen-bond donors (Lipinski definition) is 0. The Morgan fingerprint density at radius 1 is 0.927 bits per heavy atom. The Hall–Kier alpha value is -3.08. The highest BCUT2D eigenvalue weighted by molar-refractivity contribution is 7.89. The topological polar surface area (TPSA) is 81.9 Å². The van der Waals surface area contributed by atoms with Crippen molar-refractivity contribution in [3.8, 4) is 11.5 Å². The highest BCUT2D eigenvalue weighted by atomic mass is 32.2. The molecule has 2 atom stereocenters. The van der Waals surface area contributed by atoms with E-state index in [1.807, 2.05) is 60.7 Å². The molecule has 0 aliphatic carbocycles. The van der Waals surface area contributed by atoms with Gasteiger partial charge in [0.05, 0.1) is 30.7 Å². The van der Waals surface area contributed by atoms with Crippen LogP contribution >= 0.6 is 0 Å². The number of sulfonamides is 1. The van der Waals surface area contributed by atoms with Gasteiger partial charge >= 0.3 is 0 Å². The maximum Gasteiger partial charge on any atom is 0.243 e. The van der Waals surface area contributed by atoms with Gasteiger partial charge in [0, 0.05) is 5.56 Å². The van der Waals surface area contributed by atoms with Crippen LogP contribution in [0.15, 0.2) is 100 Å². The third-order valence-corrected chi connectivity index (χ3v) is 14.5. The van der Waals surface area contributed by atoms with Gasteiger partial charge in [-0.25, -0.2) is 13.4 Å². The molecule has 3 aromatic carbocycles. The zero-order valence-electron chi connectivity index (χ0n) is 24.3. The molecule has 41 heavy (non-hydrogen) atoms. The summed E-state index contributed by atoms with van der Waals surface area (Å²) in [6.07, 6.45) is -0.729. The summed E-state index contributed by atoms with van der Waals surface area (Å²) >= 11 is 0. The Balaban J connectivity index is 1.60. The first-order valence-electron chi connectivity index (χ1n) is 13.9. The molecule has 2 heterocycles. The molecule has 0 spiro atoms. The molecule has 0 amide bonds. The van der Waals surface area contributed by atoms with Crippen LogP contribution in [0.25, 0.3) is 11.5 Å². The van der Waals surface area contributed by atoms with Crippen molar-refractivity contribution in [2.75, 3.05) is 6.61 Å². The second kappa shape index (κ2) is 11.7. The van der Waals surface area contributed by atoms with E-state index in [-0.39, 0.29) is 29.7 Å². The third-order valence-electron chi connectivity index (χ3n) is 8.07. The molecule has 216 valence electrons. The van der Waals surface area contributed by atoms with Crippen molar-refractivity contribution in [3.63, 3.8) is 0 Å². The van der Waals surface area contributed by atoms with E-state index in [0.29, 0.717) is 17.3 Å². The van der Waals surface area contributed by atoms with Crippen LogP contribution in [-0.2, 0) is 32.3 Å². The smallest absolute Gasteiger partial charge is 0.243 e. The quantitative estimate of drug-likeness (QED) is 0.192. The van der Waals surface area contributed by atoms with Crippen molar-refractivity contribution < 1.29 is 22.0 Å². The van der Waals surface area contributed by atoms with Crippen LogP contribution in [0.4, 0.5) is 0 Å². The summed E-state index contributed by atoms with van der Waals surface area (Å²) < 4.78 is 49.5. The van der Waals surface area contributed by atoms with Crippen molar-refractivity contribution >= 4 is 18.3 Å². The minimum atomic E-state index is -3.92. The number of ether oxygens (including phenoxy) is 1. The van der Waals surface area contributed by atoms with E-state index < -0.39 is 30.5 Å². The molecular weight excluding hydrogens is 553 g/mol. The SMILES string of the molecule is CC(C)(C)[Si](C)(C)OC[C@H]1[C@@H](OCc2ccccc2)c2oc(-c3ccccc3)nc2CN1S(=O)(=O)c1ccccc1. The fourth-order valence-corrected chi connectivity index (χ4v) is 7.23. The molecule has 9 heteroatoms. The van der Waals surface area contributed by atoms with Crippen molar-refractivity contribution in [2.24, 2.45) is 0 Å². The average Bonchev–Trinajstić information content (AvgIpc) is 3.40. The fraction of sp³-hybridized carbons (Fsp3) is 0.344. The van der Waals surface area contributed by atoms with Gasteiger partial charge in [0.2, 0.25) is 15.9 Å². The normalized spacial score (nSPS) is 18.3. The third kappa shape index (κ3) is 6.24. The predicted molar refractivity (Wildman–Crippen MR) is 162 cm³/mol. The molecule has 5 rings (SSSR count). The van der Waals surface area contributed by atoms with E-state index in [1.165, 1.54) is 4.31 Å². The van der Waals surface area contributed by atoms with Crippen LogP contribution < -0.4 is 0 Å². The summed E-state index contributed by atoms with van der Waals surface area (Å²) in [6, 6.07) is 27.3. The van der Waals surface area contributed by atoms with Gasteiger partial charge < -0.3 is 13.6 Å². The predicted octanol–water partition coefficient (Wildman–Crippen LogP) is 7.19. The van der Waals surface area contributed by atoms with Crippen molar-refractivity contribution in [1.29, 1.82) is 0 Å². The summed E-state index contributed by atoms with van der Waals surface area (Å²) in [6.45, 7) is 11.3. The number of rotatable bonds is 9. The maximum absolute atomic E-state index is 14.2. The number of nitrogens with zero attached hydrogens (tertiary/aromatic N) is 2. The van der Waals surface area contributed by atoms with E-state index in [9.17, 15) is 8.42 Å². The summed E-state index contributed by atoms with van der Waals surface area (Å²) in [5.41, 5.74) is 2.34. The first-order valence-corrected chi connectivity index (χ1v) is 18.2. The Kier molecular flexibility index (Phi) is 8.36. The summed E-state index contributed by atoms with van der Waals surface area (Å²) in [7, 11) is -6.16. The van der Waals surface area contributed by atoms with Crippen molar-refractivity contribution in [3.05, 3.63) is 108 Å². The standard InChI is InChI=1S/C32H38N2O5SSi/c1-32(2,3)41(4,5)38-23-28-30(37-22-24-15-9-6-10-16-24)29-27(33-31(39-29)25-17-11-7-12-18-25)21-34(28)40(35,36)26-19-13-8-14-20-26/h6-20,28,30H,21-23H2,1-5H3/t28-,30+/m0/s1. The molecule has 0 saturated heterocycles. The molecular formula is C32H38N2O5SSi. The van der Waals surface area contributed by atoms with Gasteiger partial charge in [-0.3, -0.25) is 0 Å². The van der Waals surface area contributed by atoms with Gasteiger partial charge in [0.25, 0.3) is 0 Å². The number of benzene rings is 3. The maximum atomic E-state index is 14.2. The molecule has 1 aliphatic rings. The second-order valence-corrected chi connectivity index (χ2v) is 18.6. The Bertz CT molecular complexity index is 1550. The molecule has 0 N–H and O–H groups in total. The highest BCUT2D eigenvalue weighted by Gasteiger charge is 2.47. The minimum Gasteiger partial charge on any atom is -0.438 e. The molecule has 7 nitrogen and oxygen atoms in total. The van der Waals surface area contributed by atoms with E-state index in [1.54, 1.807) is 30.3 Å². The molecule has 4 aromatic rings. The van der Waals surface area contributed by atoms with Gasteiger partial charge in [-0.15, -0.1) is 0 Å². The number of hydrogen-bond acceptors (Lipinski definition) is 6. The molecule has 0 radical (unpaired) electrons. The van der Waals surface area contributed by atoms with Crippen LogP contribution in [0.5, 0.6) is 0 Å². The lowest BCUT2D eigenvalue weighted by molar-refractivity contribution is -0.0430. The van der Waals surface area contributed by atoms with Crippen molar-refractivity contribution in [1.82, 2.24) is 9.29 Å². The lowest BCUT2D eigenvalue weighted by Gasteiger charge is -2.42. The molecule has 1 aromatic heterocycles. The van der Waals surface area contributed by atoms with Crippen LogP contribution in [0, 0.1) is 0 Å².